The van der Waals surface area contributed by atoms with E-state index in [9.17, 15) is 14.0 Å². The highest BCUT2D eigenvalue weighted by Crippen LogP contribution is 2.40. The van der Waals surface area contributed by atoms with Crippen molar-refractivity contribution in [3.8, 4) is 0 Å². The lowest BCUT2D eigenvalue weighted by Crippen LogP contribution is -2.32. The van der Waals surface area contributed by atoms with E-state index in [1.807, 2.05) is 24.3 Å². The fraction of sp³-hybridized carbons (Fsp3) is 0.136. The second kappa shape index (κ2) is 8.45. The summed E-state index contributed by atoms with van der Waals surface area (Å²) >= 11 is 1.47. The maximum absolute atomic E-state index is 13.1. The SMILES string of the molecule is O=C(CCCN1C(=O)c2cccnc2Sc2ccccc21)Nc1ccc(F)cc1. The van der Waals surface area contributed by atoms with E-state index in [4.69, 9.17) is 0 Å². The molecular formula is C22H18FN3O2S. The zero-order valence-electron chi connectivity index (χ0n) is 15.5. The minimum absolute atomic E-state index is 0.121. The van der Waals surface area contributed by atoms with Gasteiger partial charge >= 0.3 is 0 Å². The number of para-hydroxylation sites is 1. The number of benzene rings is 2. The highest BCUT2D eigenvalue weighted by molar-refractivity contribution is 7.99. The van der Waals surface area contributed by atoms with E-state index in [-0.39, 0.29) is 24.1 Å². The molecule has 0 unspecified atom stereocenters. The van der Waals surface area contributed by atoms with Gasteiger partial charge < -0.3 is 10.2 Å². The molecule has 3 aromatic rings. The van der Waals surface area contributed by atoms with E-state index in [0.29, 0.717) is 29.2 Å². The molecule has 1 aliphatic heterocycles. The first-order chi connectivity index (χ1) is 14.1. The van der Waals surface area contributed by atoms with Gasteiger partial charge in [0.2, 0.25) is 5.91 Å². The normalized spacial score (nSPS) is 12.7. The van der Waals surface area contributed by atoms with Crippen molar-refractivity contribution in [2.24, 2.45) is 0 Å². The van der Waals surface area contributed by atoms with E-state index in [0.717, 1.165) is 10.6 Å². The van der Waals surface area contributed by atoms with Crippen LogP contribution in [0.1, 0.15) is 23.2 Å². The molecule has 146 valence electrons. The topological polar surface area (TPSA) is 62.3 Å². The Bertz CT molecular complexity index is 1060. The molecule has 1 aliphatic rings. The van der Waals surface area contributed by atoms with Gasteiger partial charge in [0.1, 0.15) is 10.8 Å². The molecule has 4 rings (SSSR count). The highest BCUT2D eigenvalue weighted by Gasteiger charge is 2.27. The zero-order valence-corrected chi connectivity index (χ0v) is 16.3. The second-order valence-electron chi connectivity index (χ2n) is 6.54. The van der Waals surface area contributed by atoms with Crippen LogP contribution in [0.15, 0.2) is 76.8 Å². The standard InChI is InChI=1S/C22H18FN3O2S/c23-15-9-11-16(12-10-15)25-20(27)8-4-14-26-18-6-1-2-7-19(18)29-21-17(22(26)28)5-3-13-24-21/h1-3,5-7,9-13H,4,8,14H2,(H,25,27). The van der Waals surface area contributed by atoms with Gasteiger partial charge in [-0.1, -0.05) is 23.9 Å². The van der Waals surface area contributed by atoms with Crippen molar-refractivity contribution < 1.29 is 14.0 Å². The molecule has 5 nitrogen and oxygen atoms in total. The van der Waals surface area contributed by atoms with Crippen molar-refractivity contribution in [2.75, 3.05) is 16.8 Å². The van der Waals surface area contributed by atoms with Crippen LogP contribution >= 0.6 is 11.8 Å². The summed E-state index contributed by atoms with van der Waals surface area (Å²) in [5, 5.41) is 3.42. The van der Waals surface area contributed by atoms with Crippen LogP contribution < -0.4 is 10.2 Å². The number of pyridine rings is 1. The Balaban J connectivity index is 1.46. The molecule has 2 aromatic carbocycles. The van der Waals surface area contributed by atoms with E-state index < -0.39 is 0 Å². The van der Waals surface area contributed by atoms with Crippen LogP contribution in [-0.4, -0.2) is 23.3 Å². The molecular weight excluding hydrogens is 389 g/mol. The summed E-state index contributed by atoms with van der Waals surface area (Å²) in [6, 6.07) is 16.8. The van der Waals surface area contributed by atoms with Crippen molar-refractivity contribution in [2.45, 2.75) is 22.8 Å². The average molecular weight is 407 g/mol. The number of nitrogens with one attached hydrogen (secondary N) is 1. The Hall–Kier alpha value is -3.19. The van der Waals surface area contributed by atoms with E-state index in [1.165, 1.54) is 36.0 Å². The van der Waals surface area contributed by atoms with Crippen LogP contribution in [0.4, 0.5) is 15.8 Å². The minimum atomic E-state index is -0.353. The largest absolute Gasteiger partial charge is 0.326 e. The Kier molecular flexibility index (Phi) is 5.57. The van der Waals surface area contributed by atoms with Gasteiger partial charge in [0.05, 0.1) is 11.3 Å². The molecule has 0 bridgehead atoms. The molecule has 0 fully saturated rings. The lowest BCUT2D eigenvalue weighted by atomic mass is 10.2. The number of aromatic nitrogens is 1. The monoisotopic (exact) mass is 407 g/mol. The summed E-state index contributed by atoms with van der Waals surface area (Å²) < 4.78 is 13.0. The van der Waals surface area contributed by atoms with Gasteiger partial charge in [-0.05, 0) is 55.0 Å². The zero-order chi connectivity index (χ0) is 20.2. The molecule has 0 atom stereocenters. The van der Waals surface area contributed by atoms with E-state index in [1.54, 1.807) is 23.2 Å². The van der Waals surface area contributed by atoms with Gasteiger partial charge in [0, 0.05) is 29.7 Å². The molecule has 1 N–H and O–H groups in total. The molecule has 29 heavy (non-hydrogen) atoms. The Morgan fingerprint density at radius 1 is 1.07 bits per heavy atom. The fourth-order valence-electron chi connectivity index (χ4n) is 3.14. The summed E-state index contributed by atoms with van der Waals surface area (Å²) in [7, 11) is 0. The van der Waals surface area contributed by atoms with Gasteiger partial charge in [-0.15, -0.1) is 0 Å². The maximum atomic E-state index is 13.1. The average Bonchev–Trinajstić information content (AvgIpc) is 2.85. The number of hydrogen-bond acceptors (Lipinski definition) is 4. The Morgan fingerprint density at radius 3 is 2.69 bits per heavy atom. The van der Waals surface area contributed by atoms with Gasteiger partial charge in [-0.3, -0.25) is 9.59 Å². The predicted octanol–water partition coefficient (Wildman–Crippen LogP) is 4.75. The second-order valence-corrected chi connectivity index (χ2v) is 7.57. The molecule has 0 aliphatic carbocycles. The summed E-state index contributed by atoms with van der Waals surface area (Å²) in [5.74, 6) is -0.651. The van der Waals surface area contributed by atoms with Crippen LogP contribution in [0.5, 0.6) is 0 Å². The fourth-order valence-corrected chi connectivity index (χ4v) is 4.15. The van der Waals surface area contributed by atoms with E-state index in [2.05, 4.69) is 10.3 Å². The molecule has 0 saturated carbocycles. The number of halogens is 1. The number of carbonyl (C=O) groups is 2. The van der Waals surface area contributed by atoms with Crippen LogP contribution in [0.3, 0.4) is 0 Å². The number of amides is 2. The van der Waals surface area contributed by atoms with Crippen molar-refractivity contribution in [1.29, 1.82) is 0 Å². The van der Waals surface area contributed by atoms with Crippen molar-refractivity contribution >= 4 is 35.0 Å². The van der Waals surface area contributed by atoms with Gasteiger partial charge in [-0.25, -0.2) is 9.37 Å². The van der Waals surface area contributed by atoms with Crippen molar-refractivity contribution in [3.05, 3.63) is 78.2 Å². The molecule has 2 amide bonds. The number of carbonyl (C=O) groups excluding carboxylic acids is 2. The lowest BCUT2D eigenvalue weighted by Gasteiger charge is -2.22. The first-order valence-corrected chi connectivity index (χ1v) is 10.0. The third-order valence-corrected chi connectivity index (χ3v) is 5.61. The first-order valence-electron chi connectivity index (χ1n) is 9.21. The number of fused-ring (bicyclic) bond motifs is 2. The number of nitrogens with zero attached hydrogens (tertiary/aromatic N) is 2. The number of hydrogen-bond donors (Lipinski definition) is 1. The molecule has 0 spiro atoms. The van der Waals surface area contributed by atoms with Gasteiger partial charge in [0.25, 0.3) is 5.91 Å². The van der Waals surface area contributed by atoms with Gasteiger partial charge in [-0.2, -0.15) is 0 Å². The van der Waals surface area contributed by atoms with E-state index >= 15 is 0 Å². The van der Waals surface area contributed by atoms with Crippen LogP contribution in [0, 0.1) is 5.82 Å². The maximum Gasteiger partial charge on any atom is 0.261 e. The molecule has 7 heteroatoms. The van der Waals surface area contributed by atoms with Gasteiger partial charge in [0.15, 0.2) is 0 Å². The number of anilines is 2. The summed E-state index contributed by atoms with van der Waals surface area (Å²) in [6.45, 7) is 0.404. The Labute approximate surface area is 172 Å². The highest BCUT2D eigenvalue weighted by atomic mass is 32.2. The van der Waals surface area contributed by atoms with Crippen LogP contribution in [0.2, 0.25) is 0 Å². The smallest absolute Gasteiger partial charge is 0.261 e. The molecule has 0 radical (unpaired) electrons. The predicted molar refractivity (Wildman–Crippen MR) is 111 cm³/mol. The molecule has 0 saturated heterocycles. The summed E-state index contributed by atoms with van der Waals surface area (Å²) in [5.41, 5.74) is 1.92. The third-order valence-electron chi connectivity index (χ3n) is 4.52. The van der Waals surface area contributed by atoms with Crippen molar-refractivity contribution in [1.82, 2.24) is 4.98 Å². The quantitative estimate of drug-likeness (QED) is 0.663. The molecule has 2 heterocycles. The van der Waals surface area contributed by atoms with Crippen molar-refractivity contribution in [3.63, 3.8) is 0 Å². The third kappa shape index (κ3) is 4.30. The lowest BCUT2D eigenvalue weighted by molar-refractivity contribution is -0.116. The Morgan fingerprint density at radius 2 is 1.86 bits per heavy atom. The van der Waals surface area contributed by atoms with Crippen LogP contribution in [0.25, 0.3) is 0 Å². The first kappa shape index (κ1) is 19.1. The molecule has 1 aromatic heterocycles. The number of rotatable bonds is 5. The summed E-state index contributed by atoms with van der Waals surface area (Å²) in [4.78, 5) is 32.4. The summed E-state index contributed by atoms with van der Waals surface area (Å²) in [6.07, 6.45) is 2.42. The minimum Gasteiger partial charge on any atom is -0.326 e. The van der Waals surface area contributed by atoms with Crippen LogP contribution in [-0.2, 0) is 4.79 Å².